The van der Waals surface area contributed by atoms with Gasteiger partial charge in [0.05, 0.1) is 25.2 Å². The number of carbonyl (C=O) groups excluding carboxylic acids is 2. The first-order chi connectivity index (χ1) is 15.1. The van der Waals surface area contributed by atoms with E-state index in [4.69, 9.17) is 0 Å². The number of carbonyl (C=O) groups is 2. The molecule has 0 bridgehead atoms. The number of aliphatic hydroxyl groups is 2. The SMILES string of the molecule is O=C(c1ccc2c(c1)c1c(n2C(=O)Cc2ccccc2)CNCC1)N(CCO)CCO. The fourth-order valence-electron chi connectivity index (χ4n) is 4.30. The van der Waals surface area contributed by atoms with Gasteiger partial charge in [0.2, 0.25) is 5.91 Å². The van der Waals surface area contributed by atoms with Gasteiger partial charge in [0.15, 0.2) is 0 Å². The van der Waals surface area contributed by atoms with Crippen molar-refractivity contribution < 1.29 is 19.8 Å². The quantitative estimate of drug-likeness (QED) is 0.539. The first-order valence-electron chi connectivity index (χ1n) is 10.6. The number of amides is 1. The lowest BCUT2D eigenvalue weighted by Crippen LogP contribution is -2.35. The molecule has 2 heterocycles. The van der Waals surface area contributed by atoms with Crippen molar-refractivity contribution in [3.05, 3.63) is 70.9 Å². The van der Waals surface area contributed by atoms with Gasteiger partial charge < -0.3 is 20.4 Å². The van der Waals surface area contributed by atoms with Crippen molar-refractivity contribution in [3.8, 4) is 0 Å². The largest absolute Gasteiger partial charge is 0.395 e. The summed E-state index contributed by atoms with van der Waals surface area (Å²) in [7, 11) is 0. The van der Waals surface area contributed by atoms with Crippen LogP contribution in [0.3, 0.4) is 0 Å². The maximum atomic E-state index is 13.3. The highest BCUT2D eigenvalue weighted by molar-refractivity contribution is 6.02. The Morgan fingerprint density at radius 2 is 1.77 bits per heavy atom. The van der Waals surface area contributed by atoms with Crippen molar-refractivity contribution in [2.24, 2.45) is 0 Å². The van der Waals surface area contributed by atoms with Gasteiger partial charge in [-0.1, -0.05) is 30.3 Å². The number of rotatable bonds is 7. The van der Waals surface area contributed by atoms with E-state index in [1.165, 1.54) is 4.90 Å². The number of nitrogens with zero attached hydrogens (tertiary/aromatic N) is 2. The fourth-order valence-corrected chi connectivity index (χ4v) is 4.30. The van der Waals surface area contributed by atoms with Gasteiger partial charge in [-0.25, -0.2) is 0 Å². The lowest BCUT2D eigenvalue weighted by molar-refractivity contribution is 0.0685. The molecular formula is C24H27N3O4. The van der Waals surface area contributed by atoms with Gasteiger partial charge >= 0.3 is 0 Å². The van der Waals surface area contributed by atoms with Crippen molar-refractivity contribution >= 4 is 22.7 Å². The Labute approximate surface area is 180 Å². The van der Waals surface area contributed by atoms with Crippen LogP contribution in [0.1, 0.15) is 32.0 Å². The number of nitrogens with one attached hydrogen (secondary N) is 1. The Kier molecular flexibility index (Phi) is 6.46. The molecule has 0 unspecified atom stereocenters. The normalized spacial score (nSPS) is 13.2. The van der Waals surface area contributed by atoms with E-state index < -0.39 is 0 Å². The highest BCUT2D eigenvalue weighted by Gasteiger charge is 2.25. The van der Waals surface area contributed by atoms with E-state index >= 15 is 0 Å². The van der Waals surface area contributed by atoms with Crippen molar-refractivity contribution in [2.45, 2.75) is 19.4 Å². The van der Waals surface area contributed by atoms with Gasteiger partial charge in [0, 0.05) is 36.3 Å². The molecule has 4 rings (SSSR count). The summed E-state index contributed by atoms with van der Waals surface area (Å²) in [4.78, 5) is 27.6. The molecule has 0 fully saturated rings. The monoisotopic (exact) mass is 421 g/mol. The smallest absolute Gasteiger partial charge is 0.254 e. The zero-order valence-corrected chi connectivity index (χ0v) is 17.4. The summed E-state index contributed by atoms with van der Waals surface area (Å²) in [5.41, 5.74) is 4.31. The van der Waals surface area contributed by atoms with E-state index in [1.807, 2.05) is 42.5 Å². The van der Waals surface area contributed by atoms with Crippen molar-refractivity contribution in [1.29, 1.82) is 0 Å². The van der Waals surface area contributed by atoms with Gasteiger partial charge in [-0.2, -0.15) is 0 Å². The molecular weight excluding hydrogens is 394 g/mol. The topological polar surface area (TPSA) is 94.8 Å². The van der Waals surface area contributed by atoms with E-state index in [1.54, 1.807) is 10.6 Å². The van der Waals surface area contributed by atoms with E-state index in [0.717, 1.165) is 40.7 Å². The van der Waals surface area contributed by atoms with Crippen LogP contribution in [0.4, 0.5) is 0 Å². The first-order valence-corrected chi connectivity index (χ1v) is 10.6. The number of aliphatic hydroxyl groups excluding tert-OH is 2. The summed E-state index contributed by atoms with van der Waals surface area (Å²) in [5, 5.41) is 22.8. The molecule has 2 aromatic carbocycles. The molecule has 7 nitrogen and oxygen atoms in total. The Hall–Kier alpha value is -3.00. The molecule has 31 heavy (non-hydrogen) atoms. The third kappa shape index (κ3) is 4.25. The Balaban J connectivity index is 1.75. The van der Waals surface area contributed by atoms with Crippen LogP contribution in [0.5, 0.6) is 0 Å². The minimum atomic E-state index is -0.240. The Morgan fingerprint density at radius 3 is 2.48 bits per heavy atom. The maximum absolute atomic E-state index is 13.3. The summed E-state index contributed by atoms with van der Waals surface area (Å²) in [6.45, 7) is 1.41. The predicted molar refractivity (Wildman–Crippen MR) is 118 cm³/mol. The molecule has 0 atom stereocenters. The van der Waals surface area contributed by atoms with Crippen LogP contribution in [-0.4, -0.2) is 64.3 Å². The van der Waals surface area contributed by atoms with Crippen LogP contribution in [0, 0.1) is 0 Å². The highest BCUT2D eigenvalue weighted by Crippen LogP contribution is 2.30. The Morgan fingerprint density at radius 1 is 1.03 bits per heavy atom. The Bertz CT molecular complexity index is 1090. The van der Waals surface area contributed by atoms with Gasteiger partial charge in [-0.15, -0.1) is 0 Å². The average Bonchev–Trinajstić information content (AvgIpc) is 3.13. The maximum Gasteiger partial charge on any atom is 0.254 e. The summed E-state index contributed by atoms with van der Waals surface area (Å²) < 4.78 is 1.79. The molecule has 1 aliphatic rings. The molecule has 1 amide bonds. The number of hydrogen-bond acceptors (Lipinski definition) is 5. The summed E-state index contributed by atoms with van der Waals surface area (Å²) >= 11 is 0. The lowest BCUT2D eigenvalue weighted by Gasteiger charge is -2.20. The van der Waals surface area contributed by atoms with Crippen LogP contribution in [0.25, 0.3) is 10.9 Å². The van der Waals surface area contributed by atoms with Crippen LogP contribution in [-0.2, 0) is 19.4 Å². The second kappa shape index (κ2) is 9.43. The van der Waals surface area contributed by atoms with Crippen molar-refractivity contribution in [3.63, 3.8) is 0 Å². The van der Waals surface area contributed by atoms with E-state index in [2.05, 4.69) is 5.32 Å². The third-order valence-corrected chi connectivity index (χ3v) is 5.75. The van der Waals surface area contributed by atoms with Gasteiger partial charge in [-0.05, 0) is 42.3 Å². The second-order valence-electron chi connectivity index (χ2n) is 7.71. The third-order valence-electron chi connectivity index (χ3n) is 5.75. The van der Waals surface area contributed by atoms with E-state index in [9.17, 15) is 19.8 Å². The van der Waals surface area contributed by atoms with Gasteiger partial charge in [0.1, 0.15) is 0 Å². The van der Waals surface area contributed by atoms with Crippen molar-refractivity contribution in [1.82, 2.24) is 14.8 Å². The standard InChI is InChI=1S/C24H27N3O4/c28-12-10-26(11-13-29)24(31)18-6-7-21-20(15-18)19-8-9-25-16-22(19)27(21)23(30)14-17-4-2-1-3-5-17/h1-7,15,25,28-29H,8-14,16H2. The molecule has 0 radical (unpaired) electrons. The molecule has 1 aliphatic heterocycles. The summed E-state index contributed by atoms with van der Waals surface area (Å²) in [5.74, 6) is -0.238. The minimum absolute atomic E-state index is 0.00224. The highest BCUT2D eigenvalue weighted by atomic mass is 16.3. The summed E-state index contributed by atoms with van der Waals surface area (Å²) in [6, 6.07) is 15.1. The zero-order valence-electron chi connectivity index (χ0n) is 17.4. The molecule has 1 aromatic heterocycles. The van der Waals surface area contributed by atoms with E-state index in [0.29, 0.717) is 18.5 Å². The lowest BCUT2D eigenvalue weighted by atomic mass is 10.0. The molecule has 0 saturated heterocycles. The van der Waals surface area contributed by atoms with Crippen LogP contribution in [0.2, 0.25) is 0 Å². The van der Waals surface area contributed by atoms with Crippen LogP contribution >= 0.6 is 0 Å². The second-order valence-corrected chi connectivity index (χ2v) is 7.71. The number of hydrogen-bond donors (Lipinski definition) is 3. The zero-order chi connectivity index (χ0) is 21.8. The molecule has 3 N–H and O–H groups in total. The van der Waals surface area contributed by atoms with Crippen LogP contribution < -0.4 is 5.32 Å². The van der Waals surface area contributed by atoms with Gasteiger partial charge in [0.25, 0.3) is 5.91 Å². The molecule has 3 aromatic rings. The first kappa shape index (κ1) is 21.2. The molecule has 162 valence electrons. The van der Waals surface area contributed by atoms with Crippen molar-refractivity contribution in [2.75, 3.05) is 32.8 Å². The van der Waals surface area contributed by atoms with Crippen LogP contribution in [0.15, 0.2) is 48.5 Å². The molecule has 0 saturated carbocycles. The number of aromatic nitrogens is 1. The average molecular weight is 421 g/mol. The van der Waals surface area contributed by atoms with Gasteiger partial charge in [-0.3, -0.25) is 14.2 Å². The van der Waals surface area contributed by atoms with E-state index in [-0.39, 0.29) is 38.1 Å². The fraction of sp³-hybridized carbons (Fsp3) is 0.333. The molecule has 7 heteroatoms. The molecule has 0 aliphatic carbocycles. The number of fused-ring (bicyclic) bond motifs is 3. The minimum Gasteiger partial charge on any atom is -0.395 e. The molecule has 0 spiro atoms. The summed E-state index contributed by atoms with van der Waals surface area (Å²) in [6.07, 6.45) is 1.09. The number of benzene rings is 2. The predicted octanol–water partition coefficient (Wildman–Crippen LogP) is 1.60.